The van der Waals surface area contributed by atoms with Crippen LogP contribution < -0.4 is 15.1 Å². The molecule has 0 radical (unpaired) electrons. The Morgan fingerprint density at radius 1 is 0.976 bits per heavy atom. The predicted molar refractivity (Wildman–Crippen MR) is 173 cm³/mol. The van der Waals surface area contributed by atoms with E-state index in [0.29, 0.717) is 16.9 Å². The number of aromatic nitrogens is 3. The van der Waals surface area contributed by atoms with Crippen LogP contribution in [-0.4, -0.2) is 32.7 Å². The van der Waals surface area contributed by atoms with E-state index in [2.05, 4.69) is 94.3 Å². The molecule has 9 heteroatoms. The van der Waals surface area contributed by atoms with Gasteiger partial charge >= 0.3 is 0 Å². The van der Waals surface area contributed by atoms with Crippen LogP contribution >= 0.6 is 35.2 Å². The molecule has 0 amide bonds. The van der Waals surface area contributed by atoms with Crippen molar-refractivity contribution in [3.8, 4) is 5.13 Å². The molecule has 4 atom stereocenters. The van der Waals surface area contributed by atoms with Crippen molar-refractivity contribution in [3.63, 3.8) is 0 Å². The molecule has 0 spiro atoms. The van der Waals surface area contributed by atoms with Gasteiger partial charge in [-0.15, -0.1) is 0 Å². The number of halogens is 1. The van der Waals surface area contributed by atoms with Crippen LogP contribution in [0.4, 0.5) is 11.4 Å². The van der Waals surface area contributed by atoms with E-state index >= 15 is 0 Å². The third kappa shape index (κ3) is 4.88. The molecular weight excluding hydrogens is 568 g/mol. The fourth-order valence-electron chi connectivity index (χ4n) is 6.47. The second kappa shape index (κ2) is 10.7. The number of fused-ring (bicyclic) bond motifs is 1. The zero-order chi connectivity index (χ0) is 28.1. The molecule has 5 heterocycles. The average Bonchev–Trinajstić information content (AvgIpc) is 3.69. The largest absolute Gasteiger partial charge is 0.370 e. The molecule has 5 aromatic rings. The van der Waals surface area contributed by atoms with Gasteiger partial charge in [-0.2, -0.15) is 0 Å². The van der Waals surface area contributed by atoms with Gasteiger partial charge in [0, 0.05) is 31.2 Å². The Balaban J connectivity index is 1.31. The molecule has 2 aliphatic heterocycles. The summed E-state index contributed by atoms with van der Waals surface area (Å²) in [7, 11) is 0. The minimum absolute atomic E-state index is 0.158. The Morgan fingerprint density at radius 2 is 1.78 bits per heavy atom. The van der Waals surface area contributed by atoms with Crippen LogP contribution in [0, 0.1) is 11.8 Å². The summed E-state index contributed by atoms with van der Waals surface area (Å²) >= 11 is 14.7. The molecule has 7 rings (SSSR count). The summed E-state index contributed by atoms with van der Waals surface area (Å²) in [6, 6.07) is 24.5. The third-order valence-electron chi connectivity index (χ3n) is 8.09. The smallest absolute Gasteiger partial charge is 0.194 e. The van der Waals surface area contributed by atoms with Crippen molar-refractivity contribution in [2.75, 3.05) is 22.9 Å². The number of nitrogens with zero attached hydrogens (tertiary/aromatic N) is 5. The number of thiocarbonyl (C=S) groups is 1. The molecule has 0 unspecified atom stereocenters. The van der Waals surface area contributed by atoms with Crippen molar-refractivity contribution in [3.05, 3.63) is 102 Å². The van der Waals surface area contributed by atoms with Crippen molar-refractivity contribution < 1.29 is 0 Å². The number of hydrogen-bond acceptors (Lipinski definition) is 5. The summed E-state index contributed by atoms with van der Waals surface area (Å²) in [6.45, 7) is 6.69. The van der Waals surface area contributed by atoms with Crippen molar-refractivity contribution in [1.29, 1.82) is 0 Å². The third-order valence-corrected chi connectivity index (χ3v) is 9.74. The highest BCUT2D eigenvalue weighted by Crippen LogP contribution is 2.44. The number of anilines is 2. The number of nitrogens with one attached hydrogen (secondary N) is 1. The number of hydrogen-bond donors (Lipinski definition) is 1. The summed E-state index contributed by atoms with van der Waals surface area (Å²) in [5, 5.41) is 5.89. The topological polar surface area (TPSA) is 49.2 Å². The Bertz CT molecular complexity index is 1670. The zero-order valence-corrected chi connectivity index (χ0v) is 25.3. The Hall–Kier alpha value is -3.46. The van der Waals surface area contributed by atoms with Gasteiger partial charge in [-0.3, -0.25) is 9.55 Å². The lowest BCUT2D eigenvalue weighted by Crippen LogP contribution is -2.38. The van der Waals surface area contributed by atoms with Gasteiger partial charge in [0.15, 0.2) is 10.2 Å². The number of pyridine rings is 1. The minimum atomic E-state index is -0.170. The lowest BCUT2D eigenvalue weighted by molar-refractivity contribution is 0.357. The summed E-state index contributed by atoms with van der Waals surface area (Å²) in [5.41, 5.74) is 5.04. The van der Waals surface area contributed by atoms with Crippen LogP contribution in [0.2, 0.25) is 5.02 Å². The zero-order valence-electron chi connectivity index (χ0n) is 22.9. The van der Waals surface area contributed by atoms with Crippen LogP contribution in [0.25, 0.3) is 15.3 Å². The maximum Gasteiger partial charge on any atom is 0.194 e. The summed E-state index contributed by atoms with van der Waals surface area (Å²) in [5.74, 6) is 1.28. The first-order valence-corrected chi connectivity index (χ1v) is 15.6. The number of piperidine rings is 1. The van der Waals surface area contributed by atoms with E-state index in [1.54, 1.807) is 11.3 Å². The predicted octanol–water partition coefficient (Wildman–Crippen LogP) is 7.79. The average molecular weight is 599 g/mol. The molecule has 2 aliphatic rings. The van der Waals surface area contributed by atoms with E-state index in [4.69, 9.17) is 33.8 Å². The fraction of sp³-hybridized carbons (Fsp3) is 0.281. The first-order valence-electron chi connectivity index (χ1n) is 14.0. The van der Waals surface area contributed by atoms with Crippen LogP contribution in [0.15, 0.2) is 85.2 Å². The number of benzene rings is 2. The molecule has 41 heavy (non-hydrogen) atoms. The van der Waals surface area contributed by atoms with E-state index in [-0.39, 0.29) is 12.1 Å². The van der Waals surface area contributed by atoms with E-state index in [1.165, 1.54) is 6.42 Å². The van der Waals surface area contributed by atoms with Crippen LogP contribution in [0.5, 0.6) is 0 Å². The molecular formula is C32H31ClN6S2. The highest BCUT2D eigenvalue weighted by atomic mass is 35.5. The molecule has 0 aliphatic carbocycles. The van der Waals surface area contributed by atoms with E-state index in [9.17, 15) is 0 Å². The number of thiazole rings is 1. The van der Waals surface area contributed by atoms with Gasteiger partial charge in [0.05, 0.1) is 38.4 Å². The highest BCUT2D eigenvalue weighted by molar-refractivity contribution is 7.80. The van der Waals surface area contributed by atoms with Crippen LogP contribution in [-0.2, 0) is 0 Å². The molecule has 0 bridgehead atoms. The molecule has 0 saturated carbocycles. The highest BCUT2D eigenvalue weighted by Gasteiger charge is 2.42. The molecule has 1 N–H and O–H groups in total. The molecule has 2 aromatic carbocycles. The first-order chi connectivity index (χ1) is 20.0. The van der Waals surface area contributed by atoms with Crippen molar-refractivity contribution in [1.82, 2.24) is 19.9 Å². The van der Waals surface area contributed by atoms with E-state index in [0.717, 1.165) is 56.2 Å². The normalized spacial score (nSPS) is 22.9. The van der Waals surface area contributed by atoms with E-state index in [1.807, 2.05) is 24.4 Å². The number of rotatable bonds is 5. The molecule has 6 nitrogen and oxygen atoms in total. The summed E-state index contributed by atoms with van der Waals surface area (Å²) in [4.78, 5) is 14.3. The Kier molecular flexibility index (Phi) is 6.93. The Morgan fingerprint density at radius 3 is 2.54 bits per heavy atom. The van der Waals surface area contributed by atoms with Gasteiger partial charge in [-0.25, -0.2) is 4.98 Å². The van der Waals surface area contributed by atoms with Gasteiger partial charge in [-0.1, -0.05) is 55.0 Å². The second-order valence-corrected chi connectivity index (χ2v) is 13.1. The van der Waals surface area contributed by atoms with Gasteiger partial charge in [-0.05, 0) is 85.1 Å². The van der Waals surface area contributed by atoms with Crippen LogP contribution in [0.3, 0.4) is 0 Å². The van der Waals surface area contributed by atoms with Gasteiger partial charge in [0.1, 0.15) is 6.04 Å². The Labute approximate surface area is 254 Å². The van der Waals surface area contributed by atoms with Crippen molar-refractivity contribution in [2.24, 2.45) is 11.8 Å². The molecule has 3 aromatic heterocycles. The lowest BCUT2D eigenvalue weighted by Gasteiger charge is -2.37. The molecule has 2 saturated heterocycles. The summed E-state index contributed by atoms with van der Waals surface area (Å²) in [6.07, 6.45) is 5.17. The molecule has 208 valence electrons. The lowest BCUT2D eigenvalue weighted by atomic mass is 9.91. The van der Waals surface area contributed by atoms with Crippen molar-refractivity contribution in [2.45, 2.75) is 32.4 Å². The molecule has 2 fully saturated rings. The van der Waals surface area contributed by atoms with Gasteiger partial charge < -0.3 is 15.1 Å². The standard InChI is InChI=1S/C32H31ClN6S2/c1-20-16-21(2)19-37(18-20)26-13-12-22(17-23(26)33)39-30(29(36-31(39)40)25-9-5-6-14-34-25)27-10-7-15-38(27)32-35-24-8-3-4-11-28(24)41-32/h3-15,17,20-21,29-30H,16,18-19H2,1-2H3,(H,36,40)/t20-,21+,29-,30+/m0/s1. The van der Waals surface area contributed by atoms with Gasteiger partial charge in [0.25, 0.3) is 0 Å². The maximum absolute atomic E-state index is 7.02. The monoisotopic (exact) mass is 598 g/mol. The van der Waals surface area contributed by atoms with Crippen LogP contribution in [0.1, 0.15) is 43.7 Å². The summed E-state index contributed by atoms with van der Waals surface area (Å²) < 4.78 is 3.34. The first kappa shape index (κ1) is 26.4. The minimum Gasteiger partial charge on any atom is -0.370 e. The SMILES string of the molecule is C[C@@H]1C[C@H](C)CN(c2ccc(N3C(=S)N[C@@H](c4ccccn4)[C@H]3c3cccn3-c3nc4ccccc4s3)cc2Cl)C1. The fourth-order valence-corrected chi connectivity index (χ4v) is 8.08. The second-order valence-electron chi connectivity index (χ2n) is 11.3. The number of para-hydroxylation sites is 1. The quantitative estimate of drug-likeness (QED) is 0.208. The van der Waals surface area contributed by atoms with Crippen molar-refractivity contribution >= 4 is 61.9 Å². The maximum atomic E-state index is 7.02. The van der Waals surface area contributed by atoms with E-state index < -0.39 is 0 Å². The van der Waals surface area contributed by atoms with Gasteiger partial charge in [0.2, 0.25) is 0 Å².